The summed E-state index contributed by atoms with van der Waals surface area (Å²) in [6, 6.07) is 10.2. The molecule has 0 fully saturated rings. The van der Waals surface area contributed by atoms with Gasteiger partial charge >= 0.3 is 0 Å². The summed E-state index contributed by atoms with van der Waals surface area (Å²) < 4.78 is 11.5. The number of hydrogen-bond donors (Lipinski definition) is 0. The lowest BCUT2D eigenvalue weighted by Crippen LogP contribution is -2.41. The molecule has 0 amide bonds. The lowest BCUT2D eigenvalue weighted by Gasteiger charge is -2.35. The van der Waals surface area contributed by atoms with Crippen LogP contribution < -0.4 is 0 Å². The minimum atomic E-state index is -1.67. The zero-order chi connectivity index (χ0) is 12.9. The van der Waals surface area contributed by atoms with Crippen LogP contribution in [0.2, 0.25) is 18.1 Å². The Morgan fingerprint density at radius 3 is 2.18 bits per heavy atom. The number of rotatable bonds is 5. The minimum Gasteiger partial charge on any atom is -0.395 e. The highest BCUT2D eigenvalue weighted by atomic mass is 28.4. The van der Waals surface area contributed by atoms with E-state index in [0.717, 1.165) is 0 Å². The Balaban J connectivity index is 2.30. The summed E-state index contributed by atoms with van der Waals surface area (Å²) in [5.74, 6) is 0. The highest BCUT2D eigenvalue weighted by Gasteiger charge is 2.37. The van der Waals surface area contributed by atoms with Crippen molar-refractivity contribution in [1.82, 2.24) is 0 Å². The second-order valence-corrected chi connectivity index (χ2v) is 10.7. The molecule has 0 aliphatic carbocycles. The number of benzene rings is 1. The van der Waals surface area contributed by atoms with Gasteiger partial charge in [0.2, 0.25) is 0 Å². The Kier molecular flexibility index (Phi) is 4.92. The van der Waals surface area contributed by atoms with Crippen LogP contribution in [0.15, 0.2) is 30.3 Å². The van der Waals surface area contributed by atoms with E-state index in [2.05, 4.69) is 46.0 Å². The van der Waals surface area contributed by atoms with Crippen molar-refractivity contribution in [2.45, 2.75) is 45.5 Å². The van der Waals surface area contributed by atoms with E-state index in [9.17, 15) is 0 Å². The zero-order valence-corrected chi connectivity index (χ0v) is 12.6. The molecule has 96 valence electrons. The molecule has 0 heterocycles. The van der Waals surface area contributed by atoms with Crippen LogP contribution in [-0.2, 0) is 15.8 Å². The van der Waals surface area contributed by atoms with Crippen molar-refractivity contribution >= 4 is 8.32 Å². The van der Waals surface area contributed by atoms with Crippen molar-refractivity contribution in [2.75, 3.05) is 6.79 Å². The molecule has 0 N–H and O–H groups in total. The zero-order valence-electron chi connectivity index (χ0n) is 11.6. The highest BCUT2D eigenvalue weighted by Crippen LogP contribution is 2.36. The SMILES string of the molecule is CC(C)(C)[Si](C)(C)OCOCc1ccccc1. The maximum Gasteiger partial charge on any atom is 0.195 e. The molecule has 0 saturated heterocycles. The van der Waals surface area contributed by atoms with Crippen molar-refractivity contribution in [2.24, 2.45) is 0 Å². The molecule has 0 atom stereocenters. The third-order valence-electron chi connectivity index (χ3n) is 3.42. The molecule has 0 unspecified atom stereocenters. The minimum absolute atomic E-state index is 0.239. The summed E-state index contributed by atoms with van der Waals surface area (Å²) in [5.41, 5.74) is 1.19. The summed E-state index contributed by atoms with van der Waals surface area (Å²) >= 11 is 0. The van der Waals surface area contributed by atoms with Crippen molar-refractivity contribution in [1.29, 1.82) is 0 Å². The third kappa shape index (κ3) is 4.62. The molecule has 1 rings (SSSR count). The standard InChI is InChI=1S/C14H24O2Si/c1-14(2,3)17(4,5)16-12-15-11-13-9-7-6-8-10-13/h6-10H,11-12H2,1-5H3. The molecule has 0 saturated carbocycles. The first kappa shape index (κ1) is 14.4. The quantitative estimate of drug-likeness (QED) is 0.444. The molecule has 0 aliphatic rings. The Morgan fingerprint density at radius 2 is 1.65 bits per heavy atom. The maximum atomic E-state index is 5.93. The Bertz CT molecular complexity index is 328. The molecule has 0 radical (unpaired) electrons. The molecule has 0 aliphatic heterocycles. The summed E-state index contributed by atoms with van der Waals surface area (Å²) in [6.07, 6.45) is 0. The van der Waals surface area contributed by atoms with Crippen LogP contribution >= 0.6 is 0 Å². The molecule has 0 spiro atoms. The van der Waals surface area contributed by atoms with Crippen LogP contribution in [0, 0.1) is 0 Å². The van der Waals surface area contributed by atoms with Gasteiger partial charge in [-0.3, -0.25) is 0 Å². The van der Waals surface area contributed by atoms with Crippen LogP contribution in [0.25, 0.3) is 0 Å². The van der Waals surface area contributed by atoms with Crippen LogP contribution in [0.1, 0.15) is 26.3 Å². The lowest BCUT2D eigenvalue weighted by molar-refractivity contribution is -0.00317. The predicted molar refractivity (Wildman–Crippen MR) is 74.4 cm³/mol. The van der Waals surface area contributed by atoms with E-state index in [4.69, 9.17) is 9.16 Å². The topological polar surface area (TPSA) is 18.5 Å². The molecular weight excluding hydrogens is 228 g/mol. The normalized spacial score (nSPS) is 12.8. The van der Waals surface area contributed by atoms with Crippen LogP contribution in [0.5, 0.6) is 0 Å². The van der Waals surface area contributed by atoms with E-state index >= 15 is 0 Å². The van der Waals surface area contributed by atoms with Gasteiger partial charge in [-0.05, 0) is 23.7 Å². The van der Waals surface area contributed by atoms with E-state index in [0.29, 0.717) is 13.4 Å². The molecule has 2 nitrogen and oxygen atoms in total. The smallest absolute Gasteiger partial charge is 0.195 e. The van der Waals surface area contributed by atoms with Gasteiger partial charge in [0.05, 0.1) is 6.61 Å². The maximum absolute atomic E-state index is 5.93. The summed E-state index contributed by atoms with van der Waals surface area (Å²) in [7, 11) is -1.67. The first-order chi connectivity index (χ1) is 7.83. The lowest BCUT2D eigenvalue weighted by atomic mass is 10.2. The van der Waals surface area contributed by atoms with Crippen molar-refractivity contribution in [3.8, 4) is 0 Å². The van der Waals surface area contributed by atoms with E-state index in [1.807, 2.05) is 18.2 Å². The van der Waals surface area contributed by atoms with Gasteiger partial charge in [-0.25, -0.2) is 0 Å². The van der Waals surface area contributed by atoms with Crippen LogP contribution in [0.4, 0.5) is 0 Å². The van der Waals surface area contributed by atoms with Gasteiger partial charge in [0, 0.05) is 0 Å². The average Bonchev–Trinajstić information content (AvgIpc) is 2.24. The van der Waals surface area contributed by atoms with Gasteiger partial charge < -0.3 is 9.16 Å². The Labute approximate surface area is 106 Å². The van der Waals surface area contributed by atoms with Gasteiger partial charge in [-0.15, -0.1) is 0 Å². The molecule has 3 heteroatoms. The number of hydrogen-bond acceptors (Lipinski definition) is 2. The summed E-state index contributed by atoms with van der Waals surface area (Å²) in [4.78, 5) is 0. The van der Waals surface area contributed by atoms with E-state index < -0.39 is 8.32 Å². The second-order valence-electron chi connectivity index (χ2n) is 5.86. The molecule has 1 aromatic rings. The van der Waals surface area contributed by atoms with Gasteiger partial charge in [-0.2, -0.15) is 0 Å². The predicted octanol–water partition coefficient (Wildman–Crippen LogP) is 4.18. The van der Waals surface area contributed by atoms with Crippen molar-refractivity contribution in [3.63, 3.8) is 0 Å². The summed E-state index contributed by atoms with van der Waals surface area (Å²) in [6.45, 7) is 12.2. The molecule has 0 aromatic heterocycles. The van der Waals surface area contributed by atoms with Gasteiger partial charge in [0.1, 0.15) is 6.79 Å². The summed E-state index contributed by atoms with van der Waals surface area (Å²) in [5, 5.41) is 0.239. The van der Waals surface area contributed by atoms with Gasteiger partial charge in [0.15, 0.2) is 8.32 Å². The molecule has 0 bridgehead atoms. The van der Waals surface area contributed by atoms with E-state index in [1.165, 1.54) is 5.56 Å². The third-order valence-corrected chi connectivity index (χ3v) is 7.87. The fourth-order valence-corrected chi connectivity index (χ4v) is 1.95. The van der Waals surface area contributed by atoms with Crippen LogP contribution in [0.3, 0.4) is 0 Å². The Hall–Kier alpha value is -0.643. The number of ether oxygens (including phenoxy) is 1. The highest BCUT2D eigenvalue weighted by molar-refractivity contribution is 6.74. The molecule has 17 heavy (non-hydrogen) atoms. The Morgan fingerprint density at radius 1 is 1.06 bits per heavy atom. The fourth-order valence-electron chi connectivity index (χ4n) is 1.14. The van der Waals surface area contributed by atoms with Gasteiger partial charge in [0.25, 0.3) is 0 Å². The monoisotopic (exact) mass is 252 g/mol. The average molecular weight is 252 g/mol. The fraction of sp³-hybridized carbons (Fsp3) is 0.571. The molecular formula is C14H24O2Si. The van der Waals surface area contributed by atoms with Crippen LogP contribution in [-0.4, -0.2) is 15.1 Å². The van der Waals surface area contributed by atoms with Gasteiger partial charge in [-0.1, -0.05) is 51.1 Å². The molecule has 1 aromatic carbocycles. The second kappa shape index (κ2) is 5.80. The van der Waals surface area contributed by atoms with Crippen molar-refractivity contribution in [3.05, 3.63) is 35.9 Å². The largest absolute Gasteiger partial charge is 0.395 e. The first-order valence-corrected chi connectivity index (χ1v) is 8.99. The van der Waals surface area contributed by atoms with E-state index in [1.54, 1.807) is 0 Å². The van der Waals surface area contributed by atoms with E-state index in [-0.39, 0.29) is 5.04 Å². The first-order valence-electron chi connectivity index (χ1n) is 6.08. The van der Waals surface area contributed by atoms with Crippen molar-refractivity contribution < 1.29 is 9.16 Å².